The molecule has 0 unspecified atom stereocenters. The Morgan fingerprint density at radius 2 is 1.43 bits per heavy atom. The molecule has 3 rings (SSSR count). The zero-order chi connectivity index (χ0) is 16.3. The van der Waals surface area contributed by atoms with Gasteiger partial charge in [0.05, 0.1) is 12.2 Å². The summed E-state index contributed by atoms with van der Waals surface area (Å²) in [4.78, 5) is 0. The van der Waals surface area contributed by atoms with Gasteiger partial charge < -0.3 is 10.2 Å². The molecular formula is C20H26O2Si. The van der Waals surface area contributed by atoms with Crippen molar-refractivity contribution in [3.63, 3.8) is 0 Å². The van der Waals surface area contributed by atoms with E-state index in [4.69, 9.17) is 0 Å². The molecule has 0 amide bonds. The third-order valence-corrected chi connectivity index (χ3v) is 11.1. The number of hydrogen-bond donors (Lipinski definition) is 2. The van der Waals surface area contributed by atoms with E-state index >= 15 is 0 Å². The normalized spacial score (nSPS) is 26.3. The number of aliphatic hydroxyl groups excluding tert-OH is 2. The highest BCUT2D eigenvalue weighted by molar-refractivity contribution is 7.04. The average Bonchev–Trinajstić information content (AvgIpc) is 2.87. The van der Waals surface area contributed by atoms with E-state index in [2.05, 4.69) is 55.5 Å². The van der Waals surface area contributed by atoms with Gasteiger partial charge in [0.1, 0.15) is 8.07 Å². The van der Waals surface area contributed by atoms with E-state index in [9.17, 15) is 10.2 Å². The Kier molecular flexibility index (Phi) is 5.00. The predicted molar refractivity (Wildman–Crippen MR) is 98.0 cm³/mol. The minimum atomic E-state index is -2.18. The highest BCUT2D eigenvalue weighted by atomic mass is 28.3. The Morgan fingerprint density at radius 1 is 0.913 bits per heavy atom. The second-order valence-corrected chi connectivity index (χ2v) is 11.0. The molecule has 122 valence electrons. The molecule has 1 fully saturated rings. The predicted octanol–water partition coefficient (Wildman–Crippen LogP) is 2.55. The number of benzene rings is 2. The van der Waals surface area contributed by atoms with Crippen molar-refractivity contribution in [2.45, 2.75) is 50.0 Å². The van der Waals surface area contributed by atoms with Crippen molar-refractivity contribution < 1.29 is 10.2 Å². The van der Waals surface area contributed by atoms with Crippen molar-refractivity contribution in [1.29, 1.82) is 0 Å². The topological polar surface area (TPSA) is 40.5 Å². The van der Waals surface area contributed by atoms with Gasteiger partial charge in [-0.05, 0) is 18.0 Å². The van der Waals surface area contributed by atoms with Crippen molar-refractivity contribution in [2.24, 2.45) is 0 Å². The van der Waals surface area contributed by atoms with E-state index < -0.39 is 20.3 Å². The highest BCUT2D eigenvalue weighted by Crippen LogP contribution is 2.43. The van der Waals surface area contributed by atoms with Crippen molar-refractivity contribution >= 4 is 18.4 Å². The van der Waals surface area contributed by atoms with Crippen LogP contribution in [-0.2, 0) is 0 Å². The molecule has 2 nitrogen and oxygen atoms in total. The van der Waals surface area contributed by atoms with Gasteiger partial charge in [-0.15, -0.1) is 0 Å². The molecule has 2 N–H and O–H groups in total. The van der Waals surface area contributed by atoms with Crippen LogP contribution in [0.2, 0.25) is 11.6 Å². The van der Waals surface area contributed by atoms with Gasteiger partial charge in [-0.2, -0.15) is 0 Å². The molecular weight excluding hydrogens is 300 g/mol. The third kappa shape index (κ3) is 2.89. The third-order valence-electron chi connectivity index (χ3n) is 5.42. The lowest BCUT2D eigenvalue weighted by molar-refractivity contribution is 0.0374. The molecule has 2 aromatic carbocycles. The second kappa shape index (κ2) is 6.99. The Balaban J connectivity index is 2.15. The first-order valence-electron chi connectivity index (χ1n) is 8.67. The lowest BCUT2D eigenvalue weighted by atomic mass is 10.1. The van der Waals surface area contributed by atoms with Gasteiger partial charge >= 0.3 is 0 Å². The van der Waals surface area contributed by atoms with Gasteiger partial charge in [-0.25, -0.2) is 0 Å². The largest absolute Gasteiger partial charge is 0.391 e. The molecule has 0 spiro atoms. The Bertz CT molecular complexity index is 575. The summed E-state index contributed by atoms with van der Waals surface area (Å²) >= 11 is 0. The first-order chi connectivity index (χ1) is 11.2. The Morgan fingerprint density at radius 3 is 1.91 bits per heavy atom. The van der Waals surface area contributed by atoms with E-state index in [1.165, 1.54) is 10.4 Å². The van der Waals surface area contributed by atoms with Gasteiger partial charge in [0, 0.05) is 0 Å². The monoisotopic (exact) mass is 326 g/mol. The lowest BCUT2D eigenvalue weighted by Crippen LogP contribution is -2.60. The second-order valence-electron chi connectivity index (χ2n) is 6.71. The van der Waals surface area contributed by atoms with Crippen LogP contribution in [0.25, 0.3) is 0 Å². The van der Waals surface area contributed by atoms with Crippen LogP contribution in [0.4, 0.5) is 0 Å². The van der Waals surface area contributed by atoms with Crippen LogP contribution in [0.1, 0.15) is 26.2 Å². The molecule has 1 aliphatic rings. The number of rotatable bonds is 5. The maximum Gasteiger partial charge on any atom is 0.126 e. The summed E-state index contributed by atoms with van der Waals surface area (Å²) in [6, 6.07) is 21.9. The van der Waals surface area contributed by atoms with Crippen molar-refractivity contribution in [3.05, 3.63) is 60.7 Å². The fraction of sp³-hybridized carbons (Fsp3) is 0.400. The summed E-state index contributed by atoms with van der Waals surface area (Å²) < 4.78 is 0. The van der Waals surface area contributed by atoms with Crippen LogP contribution in [-0.4, -0.2) is 30.5 Å². The maximum atomic E-state index is 10.7. The van der Waals surface area contributed by atoms with Gasteiger partial charge in [0.2, 0.25) is 0 Å². The summed E-state index contributed by atoms with van der Waals surface area (Å²) in [5.74, 6) is 0. The first-order valence-corrected chi connectivity index (χ1v) is 11.0. The van der Waals surface area contributed by atoms with Crippen LogP contribution in [0.5, 0.6) is 0 Å². The van der Waals surface area contributed by atoms with Gasteiger partial charge in [0.15, 0.2) is 0 Å². The Hall–Kier alpha value is -1.42. The van der Waals surface area contributed by atoms with E-state index in [0.29, 0.717) is 0 Å². The molecule has 2 aromatic rings. The van der Waals surface area contributed by atoms with Crippen molar-refractivity contribution in [3.8, 4) is 0 Å². The average molecular weight is 327 g/mol. The van der Waals surface area contributed by atoms with E-state index in [1.807, 2.05) is 12.1 Å². The Labute approximate surface area is 139 Å². The molecule has 0 aliphatic carbocycles. The quantitative estimate of drug-likeness (QED) is 0.829. The summed E-state index contributed by atoms with van der Waals surface area (Å²) in [7, 11) is -2.18. The molecule has 0 bridgehead atoms. The van der Waals surface area contributed by atoms with Gasteiger partial charge in [0.25, 0.3) is 0 Å². The SMILES string of the molecule is CCCC[C@H]1[C@H](O)[C@H](O)C[Si]1(c1ccccc1)c1ccccc1. The zero-order valence-corrected chi connectivity index (χ0v) is 14.7. The summed E-state index contributed by atoms with van der Waals surface area (Å²) in [6.45, 7) is 2.19. The fourth-order valence-corrected chi connectivity index (χ4v) is 10.2. The molecule has 0 aromatic heterocycles. The minimum Gasteiger partial charge on any atom is -0.391 e. The highest BCUT2D eigenvalue weighted by Gasteiger charge is 2.55. The molecule has 23 heavy (non-hydrogen) atoms. The van der Waals surface area contributed by atoms with Gasteiger partial charge in [-0.3, -0.25) is 0 Å². The van der Waals surface area contributed by atoms with Crippen LogP contribution in [0, 0.1) is 0 Å². The van der Waals surface area contributed by atoms with E-state index in [0.717, 1.165) is 25.3 Å². The summed E-state index contributed by atoms with van der Waals surface area (Å²) in [5, 5.41) is 23.9. The maximum absolute atomic E-state index is 10.7. The molecule has 1 saturated heterocycles. The molecule has 0 saturated carbocycles. The van der Waals surface area contributed by atoms with Crippen molar-refractivity contribution in [2.75, 3.05) is 0 Å². The number of hydrogen-bond acceptors (Lipinski definition) is 2. The number of aliphatic hydroxyl groups is 2. The molecule has 1 aliphatic heterocycles. The first kappa shape index (κ1) is 16.4. The van der Waals surface area contributed by atoms with E-state index in [1.54, 1.807) is 0 Å². The summed E-state index contributed by atoms with van der Waals surface area (Å²) in [5.41, 5.74) is 0.183. The van der Waals surface area contributed by atoms with Crippen LogP contribution in [0.15, 0.2) is 60.7 Å². The molecule has 3 heteroatoms. The summed E-state index contributed by atoms with van der Waals surface area (Å²) in [6.07, 6.45) is 2.00. The standard InChI is InChI=1S/C20H26O2Si/c1-2-3-14-19-20(22)18(21)15-23(19,16-10-6-4-7-11-16)17-12-8-5-9-13-17/h4-13,18-22H,2-3,14-15H2,1H3/t18-,19+,20-/m1/s1. The van der Waals surface area contributed by atoms with Crippen molar-refractivity contribution in [1.82, 2.24) is 0 Å². The molecule has 1 heterocycles. The van der Waals surface area contributed by atoms with Crippen LogP contribution >= 0.6 is 0 Å². The number of unbranched alkanes of at least 4 members (excludes halogenated alkanes) is 1. The fourth-order valence-electron chi connectivity index (χ4n) is 4.30. The van der Waals surface area contributed by atoms with Gasteiger partial charge in [-0.1, -0.05) is 90.8 Å². The lowest BCUT2D eigenvalue weighted by Gasteiger charge is -2.35. The molecule has 0 radical (unpaired) electrons. The van der Waals surface area contributed by atoms with Crippen LogP contribution in [0.3, 0.4) is 0 Å². The minimum absolute atomic E-state index is 0.183. The smallest absolute Gasteiger partial charge is 0.126 e. The molecule has 3 atom stereocenters. The van der Waals surface area contributed by atoms with E-state index in [-0.39, 0.29) is 5.54 Å². The van der Waals surface area contributed by atoms with Crippen LogP contribution < -0.4 is 10.4 Å². The zero-order valence-electron chi connectivity index (χ0n) is 13.7.